The van der Waals surface area contributed by atoms with Crippen LogP contribution < -0.4 is 4.74 Å². The zero-order valence-corrected chi connectivity index (χ0v) is 35.4. The molecule has 308 valence electrons. The Balaban J connectivity index is 1.30. The summed E-state index contributed by atoms with van der Waals surface area (Å²) in [6.45, 7) is 6.85. The van der Waals surface area contributed by atoms with E-state index in [1.54, 1.807) is 7.11 Å². The number of rotatable bonds is 9. The van der Waals surface area contributed by atoms with Gasteiger partial charge in [0.25, 0.3) is 0 Å². The maximum atomic E-state index is 13.6. The summed E-state index contributed by atoms with van der Waals surface area (Å²) in [5, 5.41) is 4.84. The van der Waals surface area contributed by atoms with Crippen LogP contribution in [0, 0.1) is 13.8 Å². The monoisotopic (exact) mass is 824 g/mol. The fourth-order valence-corrected chi connectivity index (χ4v) is 8.43. The van der Waals surface area contributed by atoms with Gasteiger partial charge in [0, 0.05) is 61.6 Å². The number of hydrogen-bond donors (Lipinski definition) is 2. The molecule has 0 saturated carbocycles. The molecule has 0 unspecified atom stereocenters. The lowest BCUT2D eigenvalue weighted by molar-refractivity contribution is 0.0527. The highest BCUT2D eigenvalue weighted by Gasteiger charge is 2.22. The molecule has 4 aromatic heterocycles. The molecule has 0 aliphatic carbocycles. The van der Waals surface area contributed by atoms with Crippen LogP contribution in [0.1, 0.15) is 56.7 Å². The van der Waals surface area contributed by atoms with Gasteiger partial charge >= 0.3 is 5.97 Å². The van der Waals surface area contributed by atoms with E-state index in [0.717, 1.165) is 101 Å². The van der Waals surface area contributed by atoms with Crippen molar-refractivity contribution in [3.05, 3.63) is 179 Å². The average Bonchev–Trinajstić information content (AvgIpc) is 4.17. The predicted octanol–water partition coefficient (Wildman–Crippen LogP) is 12.4. The summed E-state index contributed by atoms with van der Waals surface area (Å²) in [5.41, 5.74) is 17.6. The lowest BCUT2D eigenvalue weighted by Gasteiger charge is -2.10. The zero-order valence-electron chi connectivity index (χ0n) is 35.4. The fourth-order valence-electron chi connectivity index (χ4n) is 8.43. The van der Waals surface area contributed by atoms with E-state index in [2.05, 4.69) is 133 Å². The van der Waals surface area contributed by atoms with E-state index in [-0.39, 0.29) is 6.61 Å². The standard InChI is InChI=1S/C54H44N6O3/c1-5-63-54(61)41-9-7-6-8-40(41)53-48-28-26-44(58-48)50(36-16-10-33(2)11-17-36)42-22-24-46(56-42)52(38-30-55-60(32-38)31-35-14-20-39(62-4)21-15-35)47-25-23-43(57-47)51(45-27-29-49(53)59-45)37-18-12-34(3)13-19-37/h6-30,32,56,59H,5,31H2,1-4H3. The quantitative estimate of drug-likeness (QED) is 0.140. The Kier molecular flexibility index (Phi) is 10.2. The number of benzene rings is 4. The number of esters is 1. The van der Waals surface area contributed by atoms with Gasteiger partial charge in [0.1, 0.15) is 5.75 Å². The van der Waals surface area contributed by atoms with Crippen LogP contribution in [0.4, 0.5) is 0 Å². The fraction of sp³-hybridized carbons (Fsp3) is 0.111. The van der Waals surface area contributed by atoms with Crippen molar-refractivity contribution in [2.75, 3.05) is 13.7 Å². The van der Waals surface area contributed by atoms with Crippen molar-refractivity contribution >= 4 is 52.3 Å². The smallest absolute Gasteiger partial charge is 0.338 e. The minimum atomic E-state index is -0.393. The number of hydrogen-bond acceptors (Lipinski definition) is 6. The van der Waals surface area contributed by atoms with Gasteiger partial charge in [-0.1, -0.05) is 90.0 Å². The Bertz CT molecular complexity index is 3230. The number of aryl methyl sites for hydroxylation is 2. The third-order valence-corrected chi connectivity index (χ3v) is 11.6. The third-order valence-electron chi connectivity index (χ3n) is 11.6. The summed E-state index contributed by atoms with van der Waals surface area (Å²) in [7, 11) is 1.67. The number of carbonyl (C=O) groups is 1. The largest absolute Gasteiger partial charge is 0.497 e. The molecule has 0 amide bonds. The van der Waals surface area contributed by atoms with Gasteiger partial charge in [-0.05, 0) is 104 Å². The molecule has 0 atom stereocenters. The van der Waals surface area contributed by atoms with Crippen LogP contribution in [-0.2, 0) is 11.3 Å². The molecule has 0 saturated heterocycles. The third kappa shape index (κ3) is 7.54. The number of methoxy groups -OCH3 is 1. The highest BCUT2D eigenvalue weighted by Crippen LogP contribution is 2.39. The number of aromatic nitrogens is 6. The number of ether oxygens (including phenoxy) is 2. The van der Waals surface area contributed by atoms with Crippen LogP contribution in [0.3, 0.4) is 0 Å². The molecule has 0 radical (unpaired) electrons. The molecule has 6 heterocycles. The highest BCUT2D eigenvalue weighted by molar-refractivity contribution is 6.04. The molecule has 4 aromatic carbocycles. The molecule has 0 spiro atoms. The van der Waals surface area contributed by atoms with Crippen LogP contribution in [0.15, 0.2) is 134 Å². The first-order valence-corrected chi connectivity index (χ1v) is 21.1. The predicted molar refractivity (Wildman–Crippen MR) is 254 cm³/mol. The lowest BCUT2D eigenvalue weighted by Crippen LogP contribution is -2.06. The maximum absolute atomic E-state index is 13.6. The number of H-pyrrole nitrogens is 2. The van der Waals surface area contributed by atoms with Crippen molar-refractivity contribution in [2.24, 2.45) is 0 Å². The van der Waals surface area contributed by atoms with Gasteiger partial charge in [-0.15, -0.1) is 0 Å². The molecular weight excluding hydrogens is 781 g/mol. The normalized spacial score (nSPS) is 11.9. The van der Waals surface area contributed by atoms with Crippen LogP contribution in [0.2, 0.25) is 0 Å². The lowest BCUT2D eigenvalue weighted by atomic mass is 9.98. The molecular formula is C54H44N6O3. The highest BCUT2D eigenvalue weighted by atomic mass is 16.5. The van der Waals surface area contributed by atoms with E-state index in [9.17, 15) is 4.79 Å². The second-order valence-electron chi connectivity index (χ2n) is 15.8. The van der Waals surface area contributed by atoms with Crippen LogP contribution >= 0.6 is 0 Å². The zero-order chi connectivity index (χ0) is 43.0. The average molecular weight is 825 g/mol. The minimum Gasteiger partial charge on any atom is -0.497 e. The molecule has 9 nitrogen and oxygen atoms in total. The van der Waals surface area contributed by atoms with E-state index < -0.39 is 5.97 Å². The number of nitrogens with zero attached hydrogens (tertiary/aromatic N) is 4. The van der Waals surface area contributed by atoms with Gasteiger partial charge in [-0.25, -0.2) is 14.8 Å². The topological polar surface area (TPSA) is 111 Å². The summed E-state index contributed by atoms with van der Waals surface area (Å²) < 4.78 is 12.9. The van der Waals surface area contributed by atoms with Gasteiger partial charge in [0.15, 0.2) is 0 Å². The van der Waals surface area contributed by atoms with Crippen molar-refractivity contribution < 1.29 is 14.3 Å². The van der Waals surface area contributed by atoms with Crippen LogP contribution in [-0.4, -0.2) is 49.4 Å². The number of carbonyl (C=O) groups excluding carboxylic acids is 1. The summed E-state index contributed by atoms with van der Waals surface area (Å²) in [5.74, 6) is 0.420. The van der Waals surface area contributed by atoms with Crippen molar-refractivity contribution in [2.45, 2.75) is 27.3 Å². The summed E-state index contributed by atoms with van der Waals surface area (Å²) in [6, 6.07) is 41.0. The molecule has 2 N–H and O–H groups in total. The van der Waals surface area contributed by atoms with Gasteiger partial charge in [0.05, 0.1) is 54.8 Å². The Morgan fingerprint density at radius 3 is 1.60 bits per heavy atom. The SMILES string of the molecule is CCOC(=O)c1ccccc1-c1c2nc(c(-c3ccc(C)cc3)c3ccc([nH]3)c(-c3cnn(Cc4ccc(OC)cc4)c3)c3nc(c(-c4ccc(C)cc4)c4ccc1[nH]4)C=C3)C=C2. The van der Waals surface area contributed by atoms with Gasteiger partial charge in [0.2, 0.25) is 0 Å². The number of aromatic amines is 2. The Morgan fingerprint density at radius 1 is 0.587 bits per heavy atom. The Labute approximate surface area is 365 Å². The molecule has 63 heavy (non-hydrogen) atoms. The van der Waals surface area contributed by atoms with E-state index >= 15 is 0 Å². The molecule has 10 rings (SSSR count). The first-order valence-electron chi connectivity index (χ1n) is 21.1. The van der Waals surface area contributed by atoms with E-state index in [0.29, 0.717) is 23.4 Å². The van der Waals surface area contributed by atoms with Crippen molar-refractivity contribution in [3.8, 4) is 50.3 Å². The Morgan fingerprint density at radius 2 is 1.08 bits per heavy atom. The minimum absolute atomic E-state index is 0.260. The molecule has 0 fully saturated rings. The van der Waals surface area contributed by atoms with Crippen molar-refractivity contribution in [1.29, 1.82) is 0 Å². The second-order valence-corrected chi connectivity index (χ2v) is 15.8. The molecule has 2 aliphatic heterocycles. The van der Waals surface area contributed by atoms with Gasteiger partial charge in [-0.3, -0.25) is 4.68 Å². The molecule has 9 heteroatoms. The van der Waals surface area contributed by atoms with Crippen molar-refractivity contribution in [3.63, 3.8) is 0 Å². The Hall–Kier alpha value is -8.04. The van der Waals surface area contributed by atoms with Crippen molar-refractivity contribution in [1.82, 2.24) is 29.7 Å². The maximum Gasteiger partial charge on any atom is 0.338 e. The molecule has 2 aliphatic rings. The summed E-state index contributed by atoms with van der Waals surface area (Å²) in [4.78, 5) is 32.0. The summed E-state index contributed by atoms with van der Waals surface area (Å²) >= 11 is 0. The first kappa shape index (κ1) is 39.1. The second kappa shape index (κ2) is 16.4. The van der Waals surface area contributed by atoms with Crippen LogP contribution in [0.25, 0.3) is 90.9 Å². The molecule has 8 aromatic rings. The van der Waals surface area contributed by atoms with Crippen LogP contribution in [0.5, 0.6) is 5.75 Å². The molecule has 8 bridgehead atoms. The first-order chi connectivity index (χ1) is 30.8. The van der Waals surface area contributed by atoms with E-state index in [4.69, 9.17) is 24.5 Å². The van der Waals surface area contributed by atoms with E-state index in [1.807, 2.05) is 60.3 Å². The number of nitrogens with one attached hydrogen (secondary N) is 2. The van der Waals surface area contributed by atoms with Gasteiger partial charge < -0.3 is 19.4 Å². The summed E-state index contributed by atoms with van der Waals surface area (Å²) in [6.07, 6.45) is 12.3. The van der Waals surface area contributed by atoms with Gasteiger partial charge in [-0.2, -0.15) is 5.10 Å². The number of fused-ring (bicyclic) bond motifs is 8. The van der Waals surface area contributed by atoms with E-state index in [1.165, 1.54) is 0 Å².